The number of alkyl carbamates (subject to hydrolysis) is 1. The number of aryl methyl sites for hydroxylation is 1. The van der Waals surface area contributed by atoms with Crippen molar-refractivity contribution in [1.82, 2.24) is 14.9 Å². The van der Waals surface area contributed by atoms with Crippen LogP contribution in [-0.4, -0.2) is 21.2 Å². The molecule has 1 N–H and O–H groups in total. The van der Waals surface area contributed by atoms with Gasteiger partial charge in [-0.05, 0) is 46.5 Å². The van der Waals surface area contributed by atoms with Crippen molar-refractivity contribution in [2.75, 3.05) is 0 Å². The number of carbonyl (C=O) groups is 1. The van der Waals surface area contributed by atoms with Crippen LogP contribution in [0.3, 0.4) is 0 Å². The largest absolute Gasteiger partial charge is 0.444 e. The maximum atomic E-state index is 11.8. The number of carbonyl (C=O) groups excluding carboxylic acids is 1. The van der Waals surface area contributed by atoms with Crippen LogP contribution >= 0.6 is 0 Å². The van der Waals surface area contributed by atoms with E-state index in [1.54, 1.807) is 6.20 Å². The fourth-order valence-corrected chi connectivity index (χ4v) is 2.11. The quantitative estimate of drug-likeness (QED) is 0.865. The Labute approximate surface area is 128 Å². The van der Waals surface area contributed by atoms with E-state index in [9.17, 15) is 4.79 Å². The van der Waals surface area contributed by atoms with Crippen LogP contribution in [0.5, 0.6) is 0 Å². The van der Waals surface area contributed by atoms with Gasteiger partial charge in [-0.2, -0.15) is 0 Å². The van der Waals surface area contributed by atoms with E-state index in [1.165, 1.54) is 6.42 Å². The molecular formula is C16H29N3O2. The molecule has 1 aromatic heterocycles. The van der Waals surface area contributed by atoms with Gasteiger partial charge in [0, 0.05) is 6.54 Å². The summed E-state index contributed by atoms with van der Waals surface area (Å²) in [6, 6.07) is -0.124. The van der Waals surface area contributed by atoms with Crippen LogP contribution < -0.4 is 5.32 Å². The number of nitrogens with one attached hydrogen (secondary N) is 1. The van der Waals surface area contributed by atoms with Gasteiger partial charge in [0.15, 0.2) is 0 Å². The Kier molecular flexibility index (Phi) is 6.24. The van der Waals surface area contributed by atoms with Crippen LogP contribution in [0.25, 0.3) is 0 Å². The Balaban J connectivity index is 2.56. The van der Waals surface area contributed by atoms with Crippen LogP contribution in [0, 0.1) is 5.92 Å². The summed E-state index contributed by atoms with van der Waals surface area (Å²) < 4.78 is 7.38. The number of rotatable bonds is 6. The Morgan fingerprint density at radius 2 is 2.05 bits per heavy atom. The summed E-state index contributed by atoms with van der Waals surface area (Å²) in [5, 5.41) is 2.86. The van der Waals surface area contributed by atoms with Gasteiger partial charge in [0.25, 0.3) is 0 Å². The third kappa shape index (κ3) is 6.65. The number of ether oxygens (including phenoxy) is 1. The van der Waals surface area contributed by atoms with Crippen molar-refractivity contribution in [2.24, 2.45) is 5.92 Å². The van der Waals surface area contributed by atoms with Gasteiger partial charge in [-0.1, -0.05) is 13.8 Å². The van der Waals surface area contributed by atoms with Crippen molar-refractivity contribution in [3.05, 3.63) is 18.2 Å². The van der Waals surface area contributed by atoms with Crippen LogP contribution in [0.1, 0.15) is 66.1 Å². The Morgan fingerprint density at radius 3 is 2.62 bits per heavy atom. The topological polar surface area (TPSA) is 56.2 Å². The lowest BCUT2D eigenvalue weighted by molar-refractivity contribution is 0.0506. The molecule has 1 rings (SSSR count). The minimum absolute atomic E-state index is 0.124. The molecule has 1 heterocycles. The molecule has 0 saturated carbocycles. The molecule has 0 spiro atoms. The summed E-state index contributed by atoms with van der Waals surface area (Å²) in [6.07, 6.45) is 5.52. The van der Waals surface area contributed by atoms with E-state index in [4.69, 9.17) is 4.74 Å². The van der Waals surface area contributed by atoms with E-state index in [1.807, 2.05) is 34.0 Å². The molecule has 0 aliphatic carbocycles. The summed E-state index contributed by atoms with van der Waals surface area (Å²) in [7, 11) is 0. The van der Waals surface area contributed by atoms with E-state index in [2.05, 4.69) is 28.7 Å². The zero-order chi connectivity index (χ0) is 16.0. The second-order valence-electron chi connectivity index (χ2n) is 6.92. The average Bonchev–Trinajstić information content (AvgIpc) is 2.73. The minimum Gasteiger partial charge on any atom is -0.444 e. The van der Waals surface area contributed by atoms with Crippen molar-refractivity contribution in [3.63, 3.8) is 0 Å². The van der Waals surface area contributed by atoms with Gasteiger partial charge < -0.3 is 14.6 Å². The maximum absolute atomic E-state index is 11.8. The fraction of sp³-hybridized carbons (Fsp3) is 0.750. The number of hydrogen-bond donors (Lipinski definition) is 1. The number of nitrogens with zero attached hydrogens (tertiary/aromatic N) is 2. The van der Waals surface area contributed by atoms with Crippen LogP contribution in [-0.2, 0) is 11.3 Å². The molecule has 0 bridgehead atoms. The molecule has 1 aromatic rings. The van der Waals surface area contributed by atoms with Crippen molar-refractivity contribution >= 4 is 6.09 Å². The second kappa shape index (κ2) is 7.48. The lowest BCUT2D eigenvalue weighted by atomic mass is 10.1. The van der Waals surface area contributed by atoms with Gasteiger partial charge in [0.1, 0.15) is 5.60 Å². The third-order valence-corrected chi connectivity index (χ3v) is 3.10. The van der Waals surface area contributed by atoms with Crippen molar-refractivity contribution in [1.29, 1.82) is 0 Å². The smallest absolute Gasteiger partial charge is 0.408 e. The molecule has 1 amide bonds. The van der Waals surface area contributed by atoms with Gasteiger partial charge in [0.05, 0.1) is 24.3 Å². The predicted octanol–water partition coefficient (Wildman–Crippen LogP) is 3.91. The van der Waals surface area contributed by atoms with Gasteiger partial charge >= 0.3 is 6.09 Å². The average molecular weight is 295 g/mol. The van der Waals surface area contributed by atoms with Crippen LogP contribution in [0.2, 0.25) is 0 Å². The lowest BCUT2D eigenvalue weighted by Crippen LogP contribution is -2.34. The number of imidazole rings is 1. The van der Waals surface area contributed by atoms with Gasteiger partial charge in [-0.15, -0.1) is 0 Å². The second-order valence-corrected chi connectivity index (χ2v) is 6.92. The van der Waals surface area contributed by atoms with Gasteiger partial charge in [-0.3, -0.25) is 0 Å². The molecule has 1 atom stereocenters. The first-order valence-corrected chi connectivity index (χ1v) is 7.68. The third-order valence-electron chi connectivity index (χ3n) is 3.10. The number of aromatic nitrogens is 2. The molecule has 0 aliphatic heterocycles. The highest BCUT2D eigenvalue weighted by Gasteiger charge is 2.19. The fourth-order valence-electron chi connectivity index (χ4n) is 2.11. The Hall–Kier alpha value is -1.52. The number of hydrogen-bond acceptors (Lipinski definition) is 3. The summed E-state index contributed by atoms with van der Waals surface area (Å²) in [5.74, 6) is 0.703. The number of amides is 1. The summed E-state index contributed by atoms with van der Waals surface area (Å²) in [6.45, 7) is 12.9. The SMILES string of the molecule is CC(C)CCCn1cncc1[C@H](C)NC(=O)OC(C)(C)C. The Bertz CT molecular complexity index is 447. The molecule has 0 aliphatic rings. The molecular weight excluding hydrogens is 266 g/mol. The Morgan fingerprint density at radius 1 is 1.38 bits per heavy atom. The first-order valence-electron chi connectivity index (χ1n) is 7.68. The van der Waals surface area contributed by atoms with E-state index >= 15 is 0 Å². The van der Waals surface area contributed by atoms with Crippen LogP contribution in [0.4, 0.5) is 4.79 Å². The molecule has 0 aromatic carbocycles. The molecule has 0 unspecified atom stereocenters. The summed E-state index contributed by atoms with van der Waals surface area (Å²) in [4.78, 5) is 16.0. The minimum atomic E-state index is -0.485. The highest BCUT2D eigenvalue weighted by Crippen LogP contribution is 2.15. The zero-order valence-corrected chi connectivity index (χ0v) is 14.1. The normalized spacial score (nSPS) is 13.3. The zero-order valence-electron chi connectivity index (χ0n) is 14.1. The standard InChI is InChI=1S/C16H29N3O2/c1-12(2)8-7-9-19-11-17-10-14(19)13(3)18-15(20)21-16(4,5)6/h10-13H,7-9H2,1-6H3,(H,18,20)/t13-/m0/s1. The van der Waals surface area contributed by atoms with E-state index < -0.39 is 11.7 Å². The highest BCUT2D eigenvalue weighted by atomic mass is 16.6. The first kappa shape index (κ1) is 17.5. The molecule has 0 radical (unpaired) electrons. The van der Waals surface area contributed by atoms with E-state index in [0.717, 1.165) is 18.7 Å². The van der Waals surface area contributed by atoms with Crippen LogP contribution in [0.15, 0.2) is 12.5 Å². The summed E-state index contributed by atoms with van der Waals surface area (Å²) in [5.41, 5.74) is 0.519. The van der Waals surface area contributed by atoms with Gasteiger partial charge in [-0.25, -0.2) is 9.78 Å². The maximum Gasteiger partial charge on any atom is 0.408 e. The summed E-state index contributed by atoms with van der Waals surface area (Å²) >= 11 is 0. The molecule has 120 valence electrons. The predicted molar refractivity (Wildman–Crippen MR) is 84.1 cm³/mol. The van der Waals surface area contributed by atoms with Crippen molar-refractivity contribution in [2.45, 2.75) is 72.6 Å². The lowest BCUT2D eigenvalue weighted by Gasteiger charge is -2.22. The van der Waals surface area contributed by atoms with Crippen molar-refractivity contribution < 1.29 is 9.53 Å². The van der Waals surface area contributed by atoms with E-state index in [-0.39, 0.29) is 6.04 Å². The first-order chi connectivity index (χ1) is 9.69. The van der Waals surface area contributed by atoms with Crippen molar-refractivity contribution in [3.8, 4) is 0 Å². The molecule has 0 fully saturated rings. The molecule has 5 nitrogen and oxygen atoms in total. The monoisotopic (exact) mass is 295 g/mol. The van der Waals surface area contributed by atoms with E-state index in [0.29, 0.717) is 5.92 Å². The molecule has 21 heavy (non-hydrogen) atoms. The van der Waals surface area contributed by atoms with Gasteiger partial charge in [0.2, 0.25) is 0 Å². The molecule has 0 saturated heterocycles. The molecule has 5 heteroatoms. The highest BCUT2D eigenvalue weighted by molar-refractivity contribution is 5.68.